The monoisotopic (exact) mass is 432 g/mol. The van der Waals surface area contributed by atoms with Crippen molar-refractivity contribution in [1.82, 2.24) is 10.6 Å². The molecule has 0 saturated heterocycles. The van der Waals surface area contributed by atoms with Crippen LogP contribution in [0, 0.1) is 0 Å². The van der Waals surface area contributed by atoms with Crippen molar-refractivity contribution >= 4 is 39.1 Å². The highest BCUT2D eigenvalue weighted by atomic mass is 79.9. The molecule has 0 saturated carbocycles. The fourth-order valence-electron chi connectivity index (χ4n) is 2.30. The summed E-state index contributed by atoms with van der Waals surface area (Å²) < 4.78 is 6.17. The van der Waals surface area contributed by atoms with Gasteiger partial charge >= 0.3 is 0 Å². The fraction of sp³-hybridized carbons (Fsp3) is 0.158. The second-order valence-corrected chi connectivity index (χ2v) is 7.66. The Morgan fingerprint density at radius 3 is 2.62 bits per heavy atom. The van der Waals surface area contributed by atoms with E-state index in [1.165, 1.54) is 11.3 Å². The molecule has 0 fully saturated rings. The van der Waals surface area contributed by atoms with Gasteiger partial charge < -0.3 is 15.1 Å². The van der Waals surface area contributed by atoms with Gasteiger partial charge in [-0.25, -0.2) is 0 Å². The molecule has 2 heterocycles. The van der Waals surface area contributed by atoms with E-state index in [2.05, 4.69) is 26.6 Å². The van der Waals surface area contributed by atoms with Crippen LogP contribution < -0.4 is 10.6 Å². The van der Waals surface area contributed by atoms with Gasteiger partial charge in [0.15, 0.2) is 0 Å². The molecule has 134 valence electrons. The number of carbonyl (C=O) groups is 2. The highest BCUT2D eigenvalue weighted by molar-refractivity contribution is 9.10. The Hall–Kier alpha value is -2.38. The van der Waals surface area contributed by atoms with Crippen LogP contribution in [0.4, 0.5) is 0 Å². The minimum Gasteiger partial charge on any atom is -0.467 e. The molecule has 3 rings (SSSR count). The highest BCUT2D eigenvalue weighted by Crippen LogP contribution is 2.29. The standard InChI is InChI=1S/C19H17BrN2O3S/c1-12(18(23)21-11-15-3-2-10-25-15)22-19(24)17-9-8-16(26-17)13-4-6-14(20)7-5-13/h2-10,12H,11H2,1H3,(H,21,23)(H,22,24). The van der Waals surface area contributed by atoms with Crippen LogP contribution in [-0.4, -0.2) is 17.9 Å². The number of carbonyl (C=O) groups excluding carboxylic acids is 2. The molecule has 2 N–H and O–H groups in total. The third kappa shape index (κ3) is 4.62. The van der Waals surface area contributed by atoms with Gasteiger partial charge in [-0.05, 0) is 48.9 Å². The lowest BCUT2D eigenvalue weighted by atomic mass is 10.2. The number of hydrogen-bond acceptors (Lipinski definition) is 4. The first-order valence-electron chi connectivity index (χ1n) is 7.99. The Kier molecular flexibility index (Phi) is 5.90. The number of nitrogens with one attached hydrogen (secondary N) is 2. The van der Waals surface area contributed by atoms with Gasteiger partial charge in [-0.3, -0.25) is 9.59 Å². The van der Waals surface area contributed by atoms with E-state index in [-0.39, 0.29) is 11.8 Å². The number of hydrogen-bond donors (Lipinski definition) is 2. The van der Waals surface area contributed by atoms with Crippen LogP contribution >= 0.6 is 27.3 Å². The van der Waals surface area contributed by atoms with E-state index in [0.717, 1.165) is 14.9 Å². The summed E-state index contributed by atoms with van der Waals surface area (Å²) in [5.74, 6) is 0.132. The number of amides is 2. The molecule has 7 heteroatoms. The molecule has 2 aromatic heterocycles. The van der Waals surface area contributed by atoms with E-state index in [9.17, 15) is 9.59 Å². The largest absolute Gasteiger partial charge is 0.467 e. The Morgan fingerprint density at radius 2 is 1.92 bits per heavy atom. The summed E-state index contributed by atoms with van der Waals surface area (Å²) >= 11 is 4.80. The van der Waals surface area contributed by atoms with E-state index >= 15 is 0 Å². The first-order valence-corrected chi connectivity index (χ1v) is 9.60. The molecule has 2 amide bonds. The second-order valence-electron chi connectivity index (χ2n) is 5.66. The Labute approximate surface area is 163 Å². The summed E-state index contributed by atoms with van der Waals surface area (Å²) in [4.78, 5) is 26.0. The van der Waals surface area contributed by atoms with Crippen LogP contribution in [-0.2, 0) is 11.3 Å². The van der Waals surface area contributed by atoms with Gasteiger partial charge in [0.25, 0.3) is 5.91 Å². The molecular formula is C19H17BrN2O3S. The van der Waals surface area contributed by atoms with Gasteiger partial charge in [0.1, 0.15) is 11.8 Å². The molecule has 26 heavy (non-hydrogen) atoms. The summed E-state index contributed by atoms with van der Waals surface area (Å²) in [6.07, 6.45) is 1.55. The third-order valence-electron chi connectivity index (χ3n) is 3.72. The third-order valence-corrected chi connectivity index (χ3v) is 5.38. The van der Waals surface area contributed by atoms with Gasteiger partial charge in [0.05, 0.1) is 17.7 Å². The Morgan fingerprint density at radius 1 is 1.15 bits per heavy atom. The molecule has 1 atom stereocenters. The zero-order valence-electron chi connectivity index (χ0n) is 14.0. The van der Waals surface area contributed by atoms with Crippen LogP contribution in [0.15, 0.2) is 63.7 Å². The zero-order valence-corrected chi connectivity index (χ0v) is 16.4. The van der Waals surface area contributed by atoms with Gasteiger partial charge in [0, 0.05) is 9.35 Å². The van der Waals surface area contributed by atoms with Crippen molar-refractivity contribution in [3.63, 3.8) is 0 Å². The highest BCUT2D eigenvalue weighted by Gasteiger charge is 2.18. The predicted octanol–water partition coefficient (Wildman–Crippen LogP) is 4.21. The molecular weight excluding hydrogens is 416 g/mol. The van der Waals surface area contributed by atoms with E-state index in [0.29, 0.717) is 17.2 Å². The number of rotatable bonds is 6. The van der Waals surface area contributed by atoms with Crippen molar-refractivity contribution in [3.05, 3.63) is 69.9 Å². The fourth-order valence-corrected chi connectivity index (χ4v) is 3.48. The van der Waals surface area contributed by atoms with E-state index in [1.54, 1.807) is 31.4 Å². The number of benzene rings is 1. The maximum atomic E-state index is 12.4. The SMILES string of the molecule is CC(NC(=O)c1ccc(-c2ccc(Br)cc2)s1)C(=O)NCc1ccco1. The van der Waals surface area contributed by atoms with Gasteiger partial charge in [-0.15, -0.1) is 11.3 Å². The van der Waals surface area contributed by atoms with E-state index in [1.807, 2.05) is 30.3 Å². The maximum absolute atomic E-state index is 12.4. The Bertz CT molecular complexity index is 888. The van der Waals surface area contributed by atoms with Crippen molar-refractivity contribution < 1.29 is 14.0 Å². The van der Waals surface area contributed by atoms with Crippen molar-refractivity contribution in [2.75, 3.05) is 0 Å². The van der Waals surface area contributed by atoms with Crippen LogP contribution in [0.25, 0.3) is 10.4 Å². The van der Waals surface area contributed by atoms with Crippen molar-refractivity contribution in [3.8, 4) is 10.4 Å². The van der Waals surface area contributed by atoms with E-state index in [4.69, 9.17) is 4.42 Å². The topological polar surface area (TPSA) is 71.3 Å². The van der Waals surface area contributed by atoms with Crippen molar-refractivity contribution in [2.24, 2.45) is 0 Å². The van der Waals surface area contributed by atoms with Gasteiger partial charge in [-0.2, -0.15) is 0 Å². The average Bonchev–Trinajstić information content (AvgIpc) is 3.32. The summed E-state index contributed by atoms with van der Waals surface area (Å²) in [5, 5.41) is 5.45. The summed E-state index contributed by atoms with van der Waals surface area (Å²) in [7, 11) is 0. The van der Waals surface area contributed by atoms with E-state index < -0.39 is 6.04 Å². The molecule has 0 spiro atoms. The molecule has 3 aromatic rings. The quantitative estimate of drug-likeness (QED) is 0.612. The molecule has 0 bridgehead atoms. The van der Waals surface area contributed by atoms with Crippen molar-refractivity contribution in [2.45, 2.75) is 19.5 Å². The van der Waals surface area contributed by atoms with Crippen LogP contribution in [0.5, 0.6) is 0 Å². The average molecular weight is 433 g/mol. The first-order chi connectivity index (χ1) is 12.5. The first kappa shape index (κ1) is 18.4. The van der Waals surface area contributed by atoms with Crippen LogP contribution in [0.3, 0.4) is 0 Å². The molecule has 0 aliphatic carbocycles. The normalized spacial score (nSPS) is 11.8. The van der Waals surface area contributed by atoms with Gasteiger partial charge in [0.2, 0.25) is 5.91 Å². The molecule has 1 aromatic carbocycles. The second kappa shape index (κ2) is 8.33. The lowest BCUT2D eigenvalue weighted by molar-refractivity contribution is -0.122. The summed E-state index contributed by atoms with van der Waals surface area (Å²) in [6.45, 7) is 1.94. The minimum absolute atomic E-state index is 0.264. The molecule has 0 aliphatic heterocycles. The Balaban J connectivity index is 1.57. The zero-order chi connectivity index (χ0) is 18.5. The molecule has 0 radical (unpaired) electrons. The van der Waals surface area contributed by atoms with Gasteiger partial charge in [-0.1, -0.05) is 28.1 Å². The van der Waals surface area contributed by atoms with Crippen LogP contribution in [0.1, 0.15) is 22.4 Å². The minimum atomic E-state index is -0.643. The maximum Gasteiger partial charge on any atom is 0.262 e. The number of furan rings is 1. The number of halogens is 1. The summed E-state index contributed by atoms with van der Waals surface area (Å²) in [6, 6.07) is 14.5. The molecule has 0 aliphatic rings. The van der Waals surface area contributed by atoms with Crippen LogP contribution in [0.2, 0.25) is 0 Å². The smallest absolute Gasteiger partial charge is 0.262 e. The lowest BCUT2D eigenvalue weighted by Crippen LogP contribution is -2.44. The summed E-state index contributed by atoms with van der Waals surface area (Å²) in [5.41, 5.74) is 1.04. The lowest BCUT2D eigenvalue weighted by Gasteiger charge is -2.12. The predicted molar refractivity (Wildman–Crippen MR) is 105 cm³/mol. The van der Waals surface area contributed by atoms with Crippen molar-refractivity contribution in [1.29, 1.82) is 0 Å². The number of thiophene rings is 1. The molecule has 5 nitrogen and oxygen atoms in total. The molecule has 1 unspecified atom stereocenters.